The summed E-state index contributed by atoms with van der Waals surface area (Å²) >= 11 is 0. The molecular weight excluding hydrogens is 238 g/mol. The van der Waals surface area contributed by atoms with Gasteiger partial charge in [0.2, 0.25) is 5.91 Å². The molecular formula is C16H17NO2. The summed E-state index contributed by atoms with van der Waals surface area (Å²) in [5.74, 6) is 7.41. The van der Waals surface area contributed by atoms with Crippen LogP contribution in [0.2, 0.25) is 0 Å². The molecule has 2 fully saturated rings. The second kappa shape index (κ2) is 5.07. The lowest BCUT2D eigenvalue weighted by Gasteiger charge is -2.12. The minimum atomic E-state index is -0.151. The fourth-order valence-electron chi connectivity index (χ4n) is 2.99. The van der Waals surface area contributed by atoms with Crippen LogP contribution in [0.25, 0.3) is 0 Å². The summed E-state index contributed by atoms with van der Waals surface area (Å²) in [6, 6.07) is 7.44. The van der Waals surface area contributed by atoms with Crippen LogP contribution in [0.3, 0.4) is 0 Å². The first-order valence-corrected chi connectivity index (χ1v) is 6.77. The number of hydrogen-bond donors (Lipinski definition) is 2. The highest BCUT2D eigenvalue weighted by Gasteiger charge is 2.47. The van der Waals surface area contributed by atoms with Gasteiger partial charge in [0.25, 0.3) is 0 Å². The predicted octanol–water partition coefficient (Wildman–Crippen LogP) is 2.01. The van der Waals surface area contributed by atoms with Gasteiger partial charge in [-0.2, -0.15) is 0 Å². The number of anilines is 1. The van der Waals surface area contributed by atoms with Crippen molar-refractivity contribution < 1.29 is 9.90 Å². The highest BCUT2D eigenvalue weighted by atomic mass is 16.2. The van der Waals surface area contributed by atoms with Crippen LogP contribution in [-0.2, 0) is 4.79 Å². The van der Waals surface area contributed by atoms with Gasteiger partial charge in [-0.05, 0) is 49.3 Å². The monoisotopic (exact) mass is 255 g/mol. The standard InChI is InChI=1S/C16H17NO2/c18-6-2-4-11-3-1-5-15(7-11)17-16(19)14-9-12-8-13(12)10-14/h1,3,5,7,12-14,18H,6,8-10H2,(H,17,19). The molecule has 1 aromatic rings. The molecule has 0 spiro atoms. The maximum Gasteiger partial charge on any atom is 0.227 e. The maximum atomic E-state index is 12.1. The third-order valence-corrected chi connectivity index (χ3v) is 4.06. The molecule has 3 heteroatoms. The van der Waals surface area contributed by atoms with E-state index in [4.69, 9.17) is 5.11 Å². The van der Waals surface area contributed by atoms with Crippen LogP contribution in [-0.4, -0.2) is 17.6 Å². The smallest absolute Gasteiger partial charge is 0.227 e. The summed E-state index contributed by atoms with van der Waals surface area (Å²) < 4.78 is 0. The number of carbonyl (C=O) groups excluding carboxylic acids is 1. The normalized spacial score (nSPS) is 27.1. The third-order valence-electron chi connectivity index (χ3n) is 4.06. The Morgan fingerprint density at radius 2 is 2.11 bits per heavy atom. The molecule has 2 atom stereocenters. The second-order valence-electron chi connectivity index (χ2n) is 5.45. The van der Waals surface area contributed by atoms with Crippen LogP contribution in [0.15, 0.2) is 24.3 Å². The van der Waals surface area contributed by atoms with Gasteiger partial charge in [-0.25, -0.2) is 0 Å². The van der Waals surface area contributed by atoms with Gasteiger partial charge < -0.3 is 10.4 Å². The second-order valence-corrected chi connectivity index (χ2v) is 5.45. The van der Waals surface area contributed by atoms with Crippen LogP contribution >= 0.6 is 0 Å². The fourth-order valence-corrected chi connectivity index (χ4v) is 2.99. The van der Waals surface area contributed by atoms with Crippen molar-refractivity contribution in [2.24, 2.45) is 17.8 Å². The van der Waals surface area contributed by atoms with Crippen molar-refractivity contribution in [2.75, 3.05) is 11.9 Å². The zero-order valence-electron chi connectivity index (χ0n) is 10.7. The van der Waals surface area contributed by atoms with Crippen molar-refractivity contribution in [3.05, 3.63) is 29.8 Å². The number of aliphatic hydroxyl groups excluding tert-OH is 1. The molecule has 3 rings (SSSR count). The van der Waals surface area contributed by atoms with Crippen LogP contribution in [0.1, 0.15) is 24.8 Å². The predicted molar refractivity (Wildman–Crippen MR) is 73.4 cm³/mol. The van der Waals surface area contributed by atoms with Gasteiger partial charge in [-0.15, -0.1) is 0 Å². The Morgan fingerprint density at radius 3 is 2.84 bits per heavy atom. The topological polar surface area (TPSA) is 49.3 Å². The molecule has 2 aliphatic rings. The van der Waals surface area contributed by atoms with E-state index in [2.05, 4.69) is 17.2 Å². The molecule has 2 unspecified atom stereocenters. The number of rotatable bonds is 2. The van der Waals surface area contributed by atoms with Crippen LogP contribution in [0, 0.1) is 29.6 Å². The van der Waals surface area contributed by atoms with E-state index < -0.39 is 0 Å². The van der Waals surface area contributed by atoms with Gasteiger partial charge in [-0.3, -0.25) is 4.79 Å². The first-order chi connectivity index (χ1) is 9.26. The van der Waals surface area contributed by atoms with E-state index in [0.717, 1.165) is 35.9 Å². The van der Waals surface area contributed by atoms with Crippen molar-refractivity contribution in [3.63, 3.8) is 0 Å². The Balaban J connectivity index is 1.64. The van der Waals surface area contributed by atoms with Gasteiger partial charge in [-0.1, -0.05) is 17.9 Å². The number of carbonyl (C=O) groups is 1. The van der Waals surface area contributed by atoms with Crippen molar-refractivity contribution in [2.45, 2.75) is 19.3 Å². The average molecular weight is 255 g/mol. The summed E-state index contributed by atoms with van der Waals surface area (Å²) in [6.07, 6.45) is 3.44. The molecule has 1 aromatic carbocycles. The zero-order chi connectivity index (χ0) is 13.2. The molecule has 2 aliphatic carbocycles. The summed E-state index contributed by atoms with van der Waals surface area (Å²) in [4.78, 5) is 12.1. The Kier molecular flexibility index (Phi) is 3.27. The molecule has 0 radical (unpaired) electrons. The Labute approximate surface area is 113 Å². The summed E-state index contributed by atoms with van der Waals surface area (Å²) in [5, 5.41) is 11.6. The van der Waals surface area contributed by atoms with Gasteiger partial charge in [0.05, 0.1) is 0 Å². The molecule has 0 aliphatic heterocycles. The van der Waals surface area contributed by atoms with E-state index in [0.29, 0.717) is 0 Å². The van der Waals surface area contributed by atoms with Gasteiger partial charge in [0.1, 0.15) is 6.61 Å². The largest absolute Gasteiger partial charge is 0.384 e. The van der Waals surface area contributed by atoms with E-state index in [1.165, 1.54) is 6.42 Å². The highest BCUT2D eigenvalue weighted by molar-refractivity contribution is 5.93. The first kappa shape index (κ1) is 12.3. The molecule has 0 aromatic heterocycles. The van der Waals surface area contributed by atoms with E-state index >= 15 is 0 Å². The number of aliphatic hydroxyl groups is 1. The molecule has 3 nitrogen and oxygen atoms in total. The Hall–Kier alpha value is -1.79. The molecule has 19 heavy (non-hydrogen) atoms. The van der Waals surface area contributed by atoms with Crippen molar-refractivity contribution >= 4 is 11.6 Å². The maximum absolute atomic E-state index is 12.1. The van der Waals surface area contributed by atoms with E-state index in [1.807, 2.05) is 24.3 Å². The summed E-state index contributed by atoms with van der Waals surface area (Å²) in [5.41, 5.74) is 1.59. The lowest BCUT2D eigenvalue weighted by atomic mass is 10.0. The minimum absolute atomic E-state index is 0.138. The van der Waals surface area contributed by atoms with Crippen LogP contribution in [0.5, 0.6) is 0 Å². The number of fused-ring (bicyclic) bond motifs is 1. The molecule has 2 N–H and O–H groups in total. The van der Waals surface area contributed by atoms with E-state index in [-0.39, 0.29) is 18.4 Å². The zero-order valence-corrected chi connectivity index (χ0v) is 10.7. The number of hydrogen-bond acceptors (Lipinski definition) is 2. The van der Waals surface area contributed by atoms with Crippen LogP contribution in [0.4, 0.5) is 5.69 Å². The number of amides is 1. The lowest BCUT2D eigenvalue weighted by molar-refractivity contribution is -0.120. The summed E-state index contributed by atoms with van der Waals surface area (Å²) in [7, 11) is 0. The highest BCUT2D eigenvalue weighted by Crippen LogP contribution is 2.54. The average Bonchev–Trinajstić information content (AvgIpc) is 3.03. The van der Waals surface area contributed by atoms with E-state index in [1.54, 1.807) is 0 Å². The van der Waals surface area contributed by atoms with Crippen LogP contribution < -0.4 is 5.32 Å². The Bertz CT molecular complexity index is 545. The van der Waals surface area contributed by atoms with Gasteiger partial charge >= 0.3 is 0 Å². The minimum Gasteiger partial charge on any atom is -0.384 e. The lowest BCUT2D eigenvalue weighted by Crippen LogP contribution is -2.21. The van der Waals surface area contributed by atoms with Crippen molar-refractivity contribution in [3.8, 4) is 11.8 Å². The quantitative estimate of drug-likeness (QED) is 0.794. The van der Waals surface area contributed by atoms with Gasteiger partial charge in [0.15, 0.2) is 0 Å². The van der Waals surface area contributed by atoms with E-state index in [9.17, 15) is 4.79 Å². The fraction of sp³-hybridized carbons (Fsp3) is 0.438. The van der Waals surface area contributed by atoms with Gasteiger partial charge in [0, 0.05) is 17.2 Å². The molecule has 0 saturated heterocycles. The Morgan fingerprint density at radius 1 is 1.32 bits per heavy atom. The molecule has 98 valence electrons. The van der Waals surface area contributed by atoms with Crippen molar-refractivity contribution in [1.82, 2.24) is 0 Å². The SMILES string of the molecule is O=C(Nc1cccc(C#CCO)c1)C1CC2CC2C1. The first-order valence-electron chi connectivity index (χ1n) is 6.77. The number of benzene rings is 1. The number of nitrogens with one attached hydrogen (secondary N) is 1. The molecule has 1 amide bonds. The molecule has 2 saturated carbocycles. The molecule has 0 heterocycles. The molecule has 0 bridgehead atoms. The van der Waals surface area contributed by atoms with Crippen molar-refractivity contribution in [1.29, 1.82) is 0 Å². The third kappa shape index (κ3) is 2.80. The summed E-state index contributed by atoms with van der Waals surface area (Å²) in [6.45, 7) is -0.151.